The van der Waals surface area contributed by atoms with Crippen LogP contribution in [-0.2, 0) is 0 Å². The van der Waals surface area contributed by atoms with Gasteiger partial charge in [-0.3, -0.25) is 5.32 Å². The van der Waals surface area contributed by atoms with E-state index in [2.05, 4.69) is 30.3 Å². The van der Waals surface area contributed by atoms with Crippen molar-refractivity contribution in [3.05, 3.63) is 0 Å². The highest BCUT2D eigenvalue weighted by Crippen LogP contribution is 2.32. The number of rotatable bonds is 6. The van der Waals surface area contributed by atoms with E-state index in [4.69, 9.17) is 0 Å². The Bertz CT molecular complexity index is 343. The van der Waals surface area contributed by atoms with Gasteiger partial charge in [-0.1, -0.05) is 26.2 Å². The molecule has 0 bridgehead atoms. The maximum Gasteiger partial charge on any atom is 0.108 e. The van der Waals surface area contributed by atoms with Gasteiger partial charge in [-0.05, 0) is 64.5 Å². The molecule has 0 aromatic carbocycles. The fraction of sp³-hybridized carbons (Fsp3) is 0.944. The van der Waals surface area contributed by atoms with Gasteiger partial charge in [-0.2, -0.15) is 5.26 Å². The minimum Gasteiger partial charge on any atom is -0.303 e. The Morgan fingerprint density at radius 2 is 1.95 bits per heavy atom. The Hall–Kier alpha value is -0.590. The molecule has 2 aliphatic carbocycles. The molecule has 2 unspecified atom stereocenters. The molecule has 2 fully saturated rings. The van der Waals surface area contributed by atoms with Crippen LogP contribution in [0.25, 0.3) is 0 Å². The molecule has 1 N–H and O–H groups in total. The summed E-state index contributed by atoms with van der Waals surface area (Å²) in [7, 11) is 2.28. The molecule has 21 heavy (non-hydrogen) atoms. The maximum absolute atomic E-state index is 9.66. The lowest BCUT2D eigenvalue weighted by molar-refractivity contribution is 0.119. The van der Waals surface area contributed by atoms with E-state index < -0.39 is 0 Å². The summed E-state index contributed by atoms with van der Waals surface area (Å²) < 4.78 is 0. The first-order valence-electron chi connectivity index (χ1n) is 9.05. The first-order chi connectivity index (χ1) is 10.2. The van der Waals surface area contributed by atoms with Crippen LogP contribution in [-0.4, -0.2) is 36.6 Å². The van der Waals surface area contributed by atoms with Gasteiger partial charge < -0.3 is 4.90 Å². The molecule has 120 valence electrons. The standard InChI is InChI=1S/C18H33N3/c1-3-12-20-18(15-19)11-7-10-17(13-18)21(2)14-16-8-5-4-6-9-16/h16-17,20H,3-14H2,1-2H3. The largest absolute Gasteiger partial charge is 0.303 e. The highest BCUT2D eigenvalue weighted by atomic mass is 15.1. The van der Waals surface area contributed by atoms with Crippen molar-refractivity contribution in [2.45, 2.75) is 82.7 Å². The second-order valence-corrected chi connectivity index (χ2v) is 7.31. The highest BCUT2D eigenvalue weighted by molar-refractivity contribution is 5.11. The average molecular weight is 291 g/mol. The van der Waals surface area contributed by atoms with Crippen molar-refractivity contribution >= 4 is 0 Å². The molecule has 0 radical (unpaired) electrons. The summed E-state index contributed by atoms with van der Waals surface area (Å²) in [5, 5.41) is 13.2. The normalized spacial score (nSPS) is 31.2. The Balaban J connectivity index is 1.88. The van der Waals surface area contributed by atoms with E-state index in [1.165, 1.54) is 51.5 Å². The summed E-state index contributed by atoms with van der Waals surface area (Å²) in [6.45, 7) is 4.38. The topological polar surface area (TPSA) is 39.1 Å². The van der Waals surface area contributed by atoms with Crippen molar-refractivity contribution in [1.82, 2.24) is 10.2 Å². The molecule has 3 nitrogen and oxygen atoms in total. The molecule has 0 heterocycles. The van der Waals surface area contributed by atoms with E-state index in [1.807, 2.05) is 0 Å². The van der Waals surface area contributed by atoms with Crippen LogP contribution >= 0.6 is 0 Å². The van der Waals surface area contributed by atoms with Gasteiger partial charge in [-0.15, -0.1) is 0 Å². The van der Waals surface area contributed by atoms with Gasteiger partial charge >= 0.3 is 0 Å². The Morgan fingerprint density at radius 3 is 2.62 bits per heavy atom. The molecular formula is C18H33N3. The number of nitrogens with zero attached hydrogens (tertiary/aromatic N) is 2. The SMILES string of the molecule is CCCNC1(C#N)CCCC(N(C)CC2CCCCC2)C1. The maximum atomic E-state index is 9.66. The molecular weight excluding hydrogens is 258 g/mol. The van der Waals surface area contributed by atoms with Gasteiger partial charge in [0.15, 0.2) is 0 Å². The van der Waals surface area contributed by atoms with Crippen LogP contribution in [0.5, 0.6) is 0 Å². The van der Waals surface area contributed by atoms with E-state index in [9.17, 15) is 5.26 Å². The smallest absolute Gasteiger partial charge is 0.108 e. The molecule has 0 aromatic heterocycles. The quantitative estimate of drug-likeness (QED) is 0.811. The number of hydrogen-bond acceptors (Lipinski definition) is 3. The zero-order valence-electron chi connectivity index (χ0n) is 14.0. The second kappa shape index (κ2) is 8.15. The Kier molecular flexibility index (Phi) is 6.51. The van der Waals surface area contributed by atoms with Crippen molar-refractivity contribution < 1.29 is 0 Å². The molecule has 0 aliphatic heterocycles. The third-order valence-electron chi connectivity index (χ3n) is 5.55. The van der Waals surface area contributed by atoms with Crippen LogP contribution in [0.3, 0.4) is 0 Å². The van der Waals surface area contributed by atoms with E-state index in [-0.39, 0.29) is 5.54 Å². The summed E-state index contributed by atoms with van der Waals surface area (Å²) in [4.78, 5) is 2.56. The van der Waals surface area contributed by atoms with Crippen molar-refractivity contribution in [3.8, 4) is 6.07 Å². The zero-order valence-corrected chi connectivity index (χ0v) is 14.0. The Morgan fingerprint density at radius 1 is 1.19 bits per heavy atom. The molecule has 2 saturated carbocycles. The predicted octanol–water partition coefficient (Wildman–Crippen LogP) is 3.70. The van der Waals surface area contributed by atoms with Gasteiger partial charge in [0.05, 0.1) is 6.07 Å². The molecule has 3 heteroatoms. The van der Waals surface area contributed by atoms with Crippen LogP contribution in [0.4, 0.5) is 0 Å². The third kappa shape index (κ3) is 4.69. The molecule has 0 aromatic rings. The van der Waals surface area contributed by atoms with E-state index in [1.54, 1.807) is 0 Å². The first-order valence-corrected chi connectivity index (χ1v) is 9.05. The van der Waals surface area contributed by atoms with E-state index >= 15 is 0 Å². The predicted molar refractivity (Wildman–Crippen MR) is 88.1 cm³/mol. The lowest BCUT2D eigenvalue weighted by Gasteiger charge is -2.41. The van der Waals surface area contributed by atoms with E-state index in [0.717, 1.165) is 31.7 Å². The summed E-state index contributed by atoms with van der Waals surface area (Å²) in [6.07, 6.45) is 12.7. The fourth-order valence-electron chi connectivity index (χ4n) is 4.21. The van der Waals surface area contributed by atoms with Gasteiger partial charge in [0.1, 0.15) is 5.54 Å². The van der Waals surface area contributed by atoms with Crippen molar-refractivity contribution in [2.75, 3.05) is 20.1 Å². The van der Waals surface area contributed by atoms with Crippen molar-refractivity contribution in [3.63, 3.8) is 0 Å². The van der Waals surface area contributed by atoms with Crippen LogP contribution in [0.1, 0.15) is 71.1 Å². The van der Waals surface area contributed by atoms with Gasteiger partial charge in [0.25, 0.3) is 0 Å². The van der Waals surface area contributed by atoms with Gasteiger partial charge in [0, 0.05) is 12.6 Å². The molecule has 2 rings (SSSR count). The summed E-state index contributed by atoms with van der Waals surface area (Å²) in [5.74, 6) is 0.894. The molecule has 0 amide bonds. The number of hydrogen-bond donors (Lipinski definition) is 1. The van der Waals surface area contributed by atoms with Gasteiger partial charge in [-0.25, -0.2) is 0 Å². The Labute approximate surface area is 131 Å². The monoisotopic (exact) mass is 291 g/mol. The number of nitrogens with one attached hydrogen (secondary N) is 1. The first kappa shape index (κ1) is 16.8. The van der Waals surface area contributed by atoms with E-state index in [0.29, 0.717) is 6.04 Å². The number of nitriles is 1. The lowest BCUT2D eigenvalue weighted by Crippen LogP contribution is -2.52. The highest BCUT2D eigenvalue weighted by Gasteiger charge is 2.37. The summed E-state index contributed by atoms with van der Waals surface area (Å²) in [5.41, 5.74) is -0.264. The van der Waals surface area contributed by atoms with Crippen molar-refractivity contribution in [1.29, 1.82) is 5.26 Å². The molecule has 2 atom stereocenters. The minimum absolute atomic E-state index is 0.264. The van der Waals surface area contributed by atoms with Crippen LogP contribution in [0, 0.1) is 17.2 Å². The molecule has 0 saturated heterocycles. The van der Waals surface area contributed by atoms with Crippen LogP contribution in [0.2, 0.25) is 0 Å². The summed E-state index contributed by atoms with van der Waals surface area (Å²) >= 11 is 0. The second-order valence-electron chi connectivity index (χ2n) is 7.31. The average Bonchev–Trinajstić information content (AvgIpc) is 2.54. The lowest BCUT2D eigenvalue weighted by atomic mass is 9.78. The third-order valence-corrected chi connectivity index (χ3v) is 5.55. The van der Waals surface area contributed by atoms with Crippen molar-refractivity contribution in [2.24, 2.45) is 5.92 Å². The molecule has 0 spiro atoms. The van der Waals surface area contributed by atoms with Gasteiger partial charge in [0.2, 0.25) is 0 Å². The minimum atomic E-state index is -0.264. The molecule has 2 aliphatic rings. The van der Waals surface area contributed by atoms with Crippen LogP contribution < -0.4 is 5.32 Å². The van der Waals surface area contributed by atoms with Crippen LogP contribution in [0.15, 0.2) is 0 Å². The zero-order chi connectivity index (χ0) is 15.1. The fourth-order valence-corrected chi connectivity index (χ4v) is 4.21. The summed E-state index contributed by atoms with van der Waals surface area (Å²) in [6, 6.07) is 3.19.